The zero-order valence-electron chi connectivity index (χ0n) is 19.7. The highest BCUT2D eigenvalue weighted by molar-refractivity contribution is 5.53. The van der Waals surface area contributed by atoms with Gasteiger partial charge < -0.3 is 4.74 Å². The van der Waals surface area contributed by atoms with Gasteiger partial charge in [-0.05, 0) is 55.6 Å². The van der Waals surface area contributed by atoms with Gasteiger partial charge in [-0.1, -0.05) is 70.7 Å². The highest BCUT2D eigenvalue weighted by atomic mass is 19.2. The molecule has 4 heteroatoms. The molecule has 1 unspecified atom stereocenters. The number of allylic oxidation sites excluding steroid dienone is 13. The summed E-state index contributed by atoms with van der Waals surface area (Å²) < 4.78 is 48.6. The van der Waals surface area contributed by atoms with Gasteiger partial charge in [-0.25, -0.2) is 13.2 Å². The first-order chi connectivity index (χ1) is 14.8. The first kappa shape index (κ1) is 29.1. The maximum Gasteiger partial charge on any atom is 0.166 e. The minimum Gasteiger partial charge on any atom is -0.378 e. The number of rotatable bonds is 14. The highest BCUT2D eigenvalue weighted by Gasteiger charge is 2.14. The first-order valence-corrected chi connectivity index (χ1v) is 10.3. The smallest absolute Gasteiger partial charge is 0.166 e. The third-order valence-corrected chi connectivity index (χ3v) is 4.54. The largest absolute Gasteiger partial charge is 0.378 e. The van der Waals surface area contributed by atoms with Crippen LogP contribution in [-0.4, -0.2) is 12.7 Å². The molecular weight excluding hydrogens is 409 g/mol. The van der Waals surface area contributed by atoms with Crippen LogP contribution in [0.4, 0.5) is 13.2 Å². The van der Waals surface area contributed by atoms with E-state index < -0.39 is 17.5 Å². The van der Waals surface area contributed by atoms with Gasteiger partial charge in [-0.3, -0.25) is 0 Å². The van der Waals surface area contributed by atoms with Gasteiger partial charge in [0, 0.05) is 17.1 Å². The molecule has 0 fully saturated rings. The lowest BCUT2D eigenvalue weighted by atomic mass is 9.99. The van der Waals surface area contributed by atoms with Crippen LogP contribution < -0.4 is 0 Å². The van der Waals surface area contributed by atoms with Crippen LogP contribution in [0.3, 0.4) is 0 Å². The fourth-order valence-corrected chi connectivity index (χ4v) is 2.17. The minimum absolute atomic E-state index is 0.00298. The predicted molar refractivity (Wildman–Crippen MR) is 132 cm³/mol. The summed E-state index contributed by atoms with van der Waals surface area (Å²) >= 11 is 0. The molecule has 174 valence electrons. The molecule has 0 saturated carbocycles. The van der Waals surface area contributed by atoms with Crippen LogP contribution in [0.5, 0.6) is 0 Å². The second-order valence-electron chi connectivity index (χ2n) is 7.70. The quantitative estimate of drug-likeness (QED) is 0.192. The van der Waals surface area contributed by atoms with Gasteiger partial charge in [0.25, 0.3) is 0 Å². The van der Waals surface area contributed by atoms with Crippen LogP contribution in [0.2, 0.25) is 0 Å². The molecule has 0 saturated heterocycles. The van der Waals surface area contributed by atoms with Crippen molar-refractivity contribution in [3.8, 4) is 0 Å². The summed E-state index contributed by atoms with van der Waals surface area (Å²) in [5.74, 6) is -2.88. The Kier molecular flexibility index (Phi) is 13.0. The van der Waals surface area contributed by atoms with Crippen molar-refractivity contribution < 1.29 is 17.9 Å². The van der Waals surface area contributed by atoms with Crippen LogP contribution in [0.15, 0.2) is 121 Å². The molecule has 0 aromatic rings. The van der Waals surface area contributed by atoms with Crippen LogP contribution >= 0.6 is 0 Å². The molecule has 0 aromatic heterocycles. The molecule has 0 aromatic carbocycles. The number of ether oxygens (including phenoxy) is 1. The Hall–Kier alpha value is -2.85. The van der Waals surface area contributed by atoms with E-state index in [-0.39, 0.29) is 46.3 Å². The van der Waals surface area contributed by atoms with Crippen molar-refractivity contribution >= 4 is 0 Å². The number of hydrogen-bond acceptors (Lipinski definition) is 1. The lowest BCUT2D eigenvalue weighted by Crippen LogP contribution is -2.12. The van der Waals surface area contributed by atoms with Gasteiger partial charge in [0.1, 0.15) is 5.83 Å². The summed E-state index contributed by atoms with van der Waals surface area (Å²) in [5.41, 5.74) is 0.714. The summed E-state index contributed by atoms with van der Waals surface area (Å²) in [7, 11) is 0. The zero-order chi connectivity index (χ0) is 25.0. The van der Waals surface area contributed by atoms with Gasteiger partial charge in [-0.2, -0.15) is 0 Å². The summed E-state index contributed by atoms with van der Waals surface area (Å²) in [6.07, 6.45) is 7.71. The topological polar surface area (TPSA) is 9.23 Å². The predicted octanol–water partition coefficient (Wildman–Crippen LogP) is 8.91. The minimum atomic E-state index is -1.14. The van der Waals surface area contributed by atoms with Crippen molar-refractivity contribution in [3.63, 3.8) is 0 Å². The molecule has 0 aliphatic rings. The first-order valence-electron chi connectivity index (χ1n) is 10.3. The van der Waals surface area contributed by atoms with Crippen molar-refractivity contribution in [2.45, 2.75) is 40.2 Å². The monoisotopic (exact) mass is 444 g/mol. The average molecular weight is 445 g/mol. The fraction of sp³-hybridized carbons (Fsp3) is 0.286. The van der Waals surface area contributed by atoms with Crippen molar-refractivity contribution in [3.05, 3.63) is 121 Å². The van der Waals surface area contributed by atoms with Crippen molar-refractivity contribution in [1.82, 2.24) is 0 Å². The average Bonchev–Trinajstić information content (AvgIpc) is 2.76. The molecule has 0 aliphatic heterocycles. The third kappa shape index (κ3) is 9.97. The molecule has 0 spiro atoms. The maximum absolute atomic E-state index is 14.6. The highest BCUT2D eigenvalue weighted by Crippen LogP contribution is 2.29. The normalized spacial score (nSPS) is 13.9. The molecule has 0 radical (unpaired) electrons. The Morgan fingerprint density at radius 1 is 0.844 bits per heavy atom. The van der Waals surface area contributed by atoms with Crippen molar-refractivity contribution in [2.24, 2.45) is 5.92 Å². The second-order valence-corrected chi connectivity index (χ2v) is 7.70. The SMILES string of the molecule is C=C(/C=C\C(=C)C(=C)/C(F)=C\C(=C)C(C)COC(C)C)C(=C)/C(F)=C(/F)C(=C)C/C=C\C. The third-order valence-electron chi connectivity index (χ3n) is 4.54. The van der Waals surface area contributed by atoms with E-state index in [2.05, 4.69) is 39.5 Å². The molecule has 32 heavy (non-hydrogen) atoms. The molecule has 0 N–H and O–H groups in total. The molecule has 0 amide bonds. The fourth-order valence-electron chi connectivity index (χ4n) is 2.17. The van der Waals surface area contributed by atoms with E-state index in [4.69, 9.17) is 4.74 Å². The molecular formula is C28H35F3O. The van der Waals surface area contributed by atoms with E-state index in [1.807, 2.05) is 20.8 Å². The van der Waals surface area contributed by atoms with E-state index in [0.29, 0.717) is 12.2 Å². The van der Waals surface area contributed by atoms with Crippen LogP contribution in [0.1, 0.15) is 34.1 Å². The summed E-state index contributed by atoms with van der Waals surface area (Å²) in [6.45, 7) is 30.0. The molecule has 0 aliphatic carbocycles. The van der Waals surface area contributed by atoms with Gasteiger partial charge in [0.2, 0.25) is 0 Å². The van der Waals surface area contributed by atoms with Crippen molar-refractivity contribution in [1.29, 1.82) is 0 Å². The van der Waals surface area contributed by atoms with Crippen LogP contribution in [0, 0.1) is 5.92 Å². The Balaban J connectivity index is 5.19. The van der Waals surface area contributed by atoms with E-state index in [1.165, 1.54) is 18.2 Å². The molecule has 0 bridgehead atoms. The zero-order valence-corrected chi connectivity index (χ0v) is 19.7. The molecule has 1 atom stereocenters. The van der Waals surface area contributed by atoms with E-state index in [1.54, 1.807) is 19.1 Å². The lowest BCUT2D eigenvalue weighted by Gasteiger charge is -2.15. The van der Waals surface area contributed by atoms with Gasteiger partial charge in [-0.15, -0.1) is 0 Å². The van der Waals surface area contributed by atoms with Gasteiger partial charge >= 0.3 is 0 Å². The summed E-state index contributed by atoms with van der Waals surface area (Å²) in [4.78, 5) is 0. The Labute approximate surface area is 191 Å². The molecule has 1 nitrogen and oxygen atoms in total. The van der Waals surface area contributed by atoms with Gasteiger partial charge in [0.15, 0.2) is 11.7 Å². The molecule has 0 heterocycles. The van der Waals surface area contributed by atoms with Crippen LogP contribution in [0.25, 0.3) is 0 Å². The van der Waals surface area contributed by atoms with E-state index in [9.17, 15) is 13.2 Å². The number of hydrogen-bond donors (Lipinski definition) is 0. The Morgan fingerprint density at radius 2 is 1.38 bits per heavy atom. The van der Waals surface area contributed by atoms with E-state index in [0.717, 1.165) is 0 Å². The molecule has 0 rings (SSSR count). The van der Waals surface area contributed by atoms with Gasteiger partial charge in [0.05, 0.1) is 12.7 Å². The Bertz CT molecular complexity index is 892. The Morgan fingerprint density at radius 3 is 1.88 bits per heavy atom. The lowest BCUT2D eigenvalue weighted by molar-refractivity contribution is 0.0633. The standard InChI is InChI=1S/C28H35F3O/c1-11-12-13-21(6)27(30)28(31)25(10)20(5)15-14-19(4)24(9)26(29)16-22(7)23(8)17-32-18(2)3/h11-12,14-16,18,23H,4-7,9-10,13,17H2,1-3,8H3/b12-11-,15-14-,26-16+,28-27-. The van der Waals surface area contributed by atoms with Crippen LogP contribution in [-0.2, 0) is 4.74 Å². The van der Waals surface area contributed by atoms with E-state index >= 15 is 0 Å². The van der Waals surface area contributed by atoms with Crippen molar-refractivity contribution in [2.75, 3.05) is 6.61 Å². The number of halogens is 3. The summed E-state index contributed by atoms with van der Waals surface area (Å²) in [5, 5.41) is 0. The second kappa shape index (κ2) is 14.3. The maximum atomic E-state index is 14.6. The summed E-state index contributed by atoms with van der Waals surface area (Å²) in [6, 6.07) is 0.